The van der Waals surface area contributed by atoms with Crippen LogP contribution in [0.1, 0.15) is 25.0 Å². The molecule has 4 heteroatoms. The van der Waals surface area contributed by atoms with Crippen molar-refractivity contribution in [3.05, 3.63) is 42.2 Å². The molecule has 1 atom stereocenters. The zero-order valence-electron chi connectivity index (χ0n) is 12.6. The summed E-state index contributed by atoms with van der Waals surface area (Å²) < 4.78 is 5.50. The highest BCUT2D eigenvalue weighted by molar-refractivity contribution is 5.58. The largest absolute Gasteiger partial charge is 0.359 e. The van der Waals surface area contributed by atoms with Gasteiger partial charge in [-0.3, -0.25) is 4.90 Å². The van der Waals surface area contributed by atoms with Crippen LogP contribution in [0.15, 0.2) is 40.9 Å². The smallest absolute Gasteiger partial charge is 0.151 e. The van der Waals surface area contributed by atoms with Crippen LogP contribution in [0.4, 0.5) is 0 Å². The Kier molecular flexibility index (Phi) is 4.68. The molecule has 2 aromatic rings. The number of benzene rings is 1. The van der Waals surface area contributed by atoms with E-state index in [0.717, 1.165) is 36.7 Å². The van der Waals surface area contributed by atoms with Crippen molar-refractivity contribution in [3.63, 3.8) is 0 Å². The Morgan fingerprint density at radius 1 is 1.24 bits per heavy atom. The number of hydrogen-bond donors (Lipinski definition) is 1. The Balaban J connectivity index is 1.64. The lowest BCUT2D eigenvalue weighted by molar-refractivity contribution is 0.193. The van der Waals surface area contributed by atoms with Crippen molar-refractivity contribution >= 4 is 0 Å². The molecule has 1 unspecified atom stereocenters. The number of hydrogen-bond acceptors (Lipinski definition) is 4. The van der Waals surface area contributed by atoms with E-state index in [1.54, 1.807) is 0 Å². The Hall–Kier alpha value is -1.65. The van der Waals surface area contributed by atoms with Crippen molar-refractivity contribution in [1.29, 1.82) is 0 Å². The molecule has 1 aromatic heterocycles. The SMILES string of the molecule is CN(Cc1cc(-c2ccccc2)no1)C1CCCNCC1. The van der Waals surface area contributed by atoms with E-state index in [2.05, 4.69) is 40.6 Å². The zero-order chi connectivity index (χ0) is 14.5. The summed E-state index contributed by atoms with van der Waals surface area (Å²) >= 11 is 0. The Morgan fingerprint density at radius 2 is 2.10 bits per heavy atom. The van der Waals surface area contributed by atoms with E-state index < -0.39 is 0 Å². The van der Waals surface area contributed by atoms with Crippen LogP contribution < -0.4 is 5.32 Å². The van der Waals surface area contributed by atoms with Gasteiger partial charge in [0.15, 0.2) is 5.76 Å². The first-order valence-electron chi connectivity index (χ1n) is 7.75. The van der Waals surface area contributed by atoms with Crippen molar-refractivity contribution in [1.82, 2.24) is 15.4 Å². The van der Waals surface area contributed by atoms with Crippen LogP contribution in [-0.4, -0.2) is 36.2 Å². The fourth-order valence-corrected chi connectivity index (χ4v) is 2.95. The maximum atomic E-state index is 5.50. The van der Waals surface area contributed by atoms with Crippen LogP contribution >= 0.6 is 0 Å². The molecule has 2 heterocycles. The lowest BCUT2D eigenvalue weighted by atomic mass is 10.1. The molecule has 0 saturated carbocycles. The van der Waals surface area contributed by atoms with Crippen LogP contribution in [0.5, 0.6) is 0 Å². The molecule has 3 rings (SSSR count). The maximum Gasteiger partial charge on any atom is 0.151 e. The maximum absolute atomic E-state index is 5.50. The third kappa shape index (κ3) is 3.71. The van der Waals surface area contributed by atoms with Gasteiger partial charge in [-0.1, -0.05) is 35.5 Å². The molecule has 1 aliphatic rings. The summed E-state index contributed by atoms with van der Waals surface area (Å²) in [7, 11) is 2.18. The molecule has 112 valence electrons. The molecular formula is C17H23N3O. The molecule has 1 aliphatic heterocycles. The van der Waals surface area contributed by atoms with E-state index in [4.69, 9.17) is 4.52 Å². The molecule has 0 amide bonds. The van der Waals surface area contributed by atoms with Gasteiger partial charge in [0.2, 0.25) is 0 Å². The lowest BCUT2D eigenvalue weighted by Gasteiger charge is -2.25. The number of nitrogens with zero attached hydrogens (tertiary/aromatic N) is 2. The minimum atomic E-state index is 0.630. The van der Waals surface area contributed by atoms with Crippen molar-refractivity contribution in [2.24, 2.45) is 0 Å². The minimum absolute atomic E-state index is 0.630. The third-order valence-electron chi connectivity index (χ3n) is 4.20. The zero-order valence-corrected chi connectivity index (χ0v) is 12.6. The first kappa shape index (κ1) is 14.3. The number of rotatable bonds is 4. The molecule has 4 nitrogen and oxygen atoms in total. The van der Waals surface area contributed by atoms with Gasteiger partial charge in [-0.05, 0) is 39.4 Å². The lowest BCUT2D eigenvalue weighted by Crippen LogP contribution is -2.31. The fourth-order valence-electron chi connectivity index (χ4n) is 2.95. The Labute approximate surface area is 126 Å². The van der Waals surface area contributed by atoms with Crippen molar-refractivity contribution < 1.29 is 4.52 Å². The second kappa shape index (κ2) is 6.87. The summed E-state index contributed by atoms with van der Waals surface area (Å²) in [5, 5.41) is 7.65. The summed E-state index contributed by atoms with van der Waals surface area (Å²) in [6.07, 6.45) is 3.71. The molecule has 0 aliphatic carbocycles. The van der Waals surface area contributed by atoms with Gasteiger partial charge >= 0.3 is 0 Å². The van der Waals surface area contributed by atoms with Gasteiger partial charge in [-0.15, -0.1) is 0 Å². The Morgan fingerprint density at radius 3 is 2.95 bits per heavy atom. The second-order valence-corrected chi connectivity index (χ2v) is 5.79. The first-order valence-corrected chi connectivity index (χ1v) is 7.75. The van der Waals surface area contributed by atoms with E-state index in [1.165, 1.54) is 19.3 Å². The van der Waals surface area contributed by atoms with Gasteiger partial charge in [-0.2, -0.15) is 0 Å². The average molecular weight is 285 g/mol. The summed E-state index contributed by atoms with van der Waals surface area (Å²) in [6.45, 7) is 3.08. The van der Waals surface area contributed by atoms with Gasteiger partial charge in [0.25, 0.3) is 0 Å². The monoisotopic (exact) mass is 285 g/mol. The van der Waals surface area contributed by atoms with Crippen molar-refractivity contribution in [3.8, 4) is 11.3 Å². The van der Waals surface area contributed by atoms with E-state index in [9.17, 15) is 0 Å². The minimum Gasteiger partial charge on any atom is -0.359 e. The van der Waals surface area contributed by atoms with Crippen LogP contribution in [0.2, 0.25) is 0 Å². The van der Waals surface area contributed by atoms with Gasteiger partial charge in [-0.25, -0.2) is 0 Å². The third-order valence-corrected chi connectivity index (χ3v) is 4.20. The molecule has 1 N–H and O–H groups in total. The second-order valence-electron chi connectivity index (χ2n) is 5.79. The first-order chi connectivity index (χ1) is 10.3. The standard InChI is InChI=1S/C17H23N3O/c1-20(15-8-5-10-18-11-9-15)13-16-12-17(19-21-16)14-6-3-2-4-7-14/h2-4,6-7,12,15,18H,5,8-11,13H2,1H3. The summed E-state index contributed by atoms with van der Waals surface area (Å²) in [6, 6.07) is 12.9. The highest BCUT2D eigenvalue weighted by Gasteiger charge is 2.18. The van der Waals surface area contributed by atoms with Crippen LogP contribution in [0.3, 0.4) is 0 Å². The summed E-state index contributed by atoms with van der Waals surface area (Å²) in [5.41, 5.74) is 2.02. The highest BCUT2D eigenvalue weighted by Crippen LogP contribution is 2.21. The fraction of sp³-hybridized carbons (Fsp3) is 0.471. The quantitative estimate of drug-likeness (QED) is 0.938. The molecule has 1 fully saturated rings. The van der Waals surface area contributed by atoms with E-state index in [0.29, 0.717) is 6.04 Å². The average Bonchev–Trinajstić information content (AvgIpc) is 2.81. The molecular weight excluding hydrogens is 262 g/mol. The predicted molar refractivity (Wildman–Crippen MR) is 83.9 cm³/mol. The van der Waals surface area contributed by atoms with Crippen LogP contribution in [0, 0.1) is 0 Å². The van der Waals surface area contributed by atoms with Gasteiger partial charge in [0.05, 0.1) is 6.54 Å². The molecule has 21 heavy (non-hydrogen) atoms. The number of aromatic nitrogens is 1. The van der Waals surface area contributed by atoms with Gasteiger partial charge < -0.3 is 9.84 Å². The summed E-state index contributed by atoms with van der Waals surface area (Å²) in [5.74, 6) is 0.938. The topological polar surface area (TPSA) is 41.3 Å². The van der Waals surface area contributed by atoms with Crippen LogP contribution in [0.25, 0.3) is 11.3 Å². The van der Waals surface area contributed by atoms with Crippen molar-refractivity contribution in [2.45, 2.75) is 31.8 Å². The molecule has 0 radical (unpaired) electrons. The molecule has 0 bridgehead atoms. The summed E-state index contributed by atoms with van der Waals surface area (Å²) in [4.78, 5) is 2.39. The van der Waals surface area contributed by atoms with Crippen LogP contribution in [-0.2, 0) is 6.54 Å². The highest BCUT2D eigenvalue weighted by atomic mass is 16.5. The normalized spacial score (nSPS) is 19.6. The molecule has 1 aromatic carbocycles. The van der Waals surface area contributed by atoms with E-state index >= 15 is 0 Å². The number of nitrogens with one attached hydrogen (secondary N) is 1. The van der Waals surface area contributed by atoms with E-state index in [-0.39, 0.29) is 0 Å². The van der Waals surface area contributed by atoms with Crippen molar-refractivity contribution in [2.75, 3.05) is 20.1 Å². The molecule has 0 spiro atoms. The predicted octanol–water partition coefficient (Wildman–Crippen LogP) is 2.92. The van der Waals surface area contributed by atoms with E-state index in [1.807, 2.05) is 18.2 Å². The Bertz CT molecular complexity index is 544. The van der Waals surface area contributed by atoms with Gasteiger partial charge in [0, 0.05) is 17.7 Å². The molecule has 1 saturated heterocycles. The van der Waals surface area contributed by atoms with Gasteiger partial charge in [0.1, 0.15) is 5.69 Å².